The Bertz CT molecular complexity index is 632. The molecular weight excluding hydrogens is 274 g/mol. The molecular formula is C15H14NO3S-. The number of hydrogen-bond acceptors (Lipinski definition) is 4. The molecule has 1 aromatic carbocycles. The number of aromatic carboxylic acids is 1. The van der Waals surface area contributed by atoms with Crippen LogP contribution in [0.2, 0.25) is 0 Å². The Balaban J connectivity index is 2.44. The largest absolute Gasteiger partial charge is 0.545 e. The van der Waals surface area contributed by atoms with Crippen LogP contribution in [0.4, 0.5) is 5.00 Å². The standard InChI is InChI=1S/C15H15NO3S/c1-9(2)13(17)16-14-12(15(18)19)11(8-20-14)10-6-4-3-5-7-10/h3-9H,1-2H3,(H,16,17)(H,18,19)/p-1. The van der Waals surface area contributed by atoms with Gasteiger partial charge >= 0.3 is 0 Å². The van der Waals surface area contributed by atoms with Gasteiger partial charge < -0.3 is 15.2 Å². The lowest BCUT2D eigenvalue weighted by atomic mass is 10.0. The van der Waals surface area contributed by atoms with E-state index in [2.05, 4.69) is 5.32 Å². The summed E-state index contributed by atoms with van der Waals surface area (Å²) >= 11 is 1.19. The number of nitrogens with one attached hydrogen (secondary N) is 1. The number of hydrogen-bond donors (Lipinski definition) is 1. The van der Waals surface area contributed by atoms with E-state index in [0.717, 1.165) is 5.56 Å². The maximum absolute atomic E-state index is 11.7. The van der Waals surface area contributed by atoms with Crippen molar-refractivity contribution in [2.75, 3.05) is 5.32 Å². The van der Waals surface area contributed by atoms with E-state index in [1.54, 1.807) is 19.2 Å². The zero-order valence-electron chi connectivity index (χ0n) is 11.2. The molecule has 1 heterocycles. The Morgan fingerprint density at radius 3 is 2.40 bits per heavy atom. The molecule has 5 heteroatoms. The number of anilines is 1. The normalized spacial score (nSPS) is 10.6. The maximum Gasteiger partial charge on any atom is 0.227 e. The number of carbonyl (C=O) groups is 2. The first-order chi connectivity index (χ1) is 9.50. The van der Waals surface area contributed by atoms with Crippen molar-refractivity contribution in [1.29, 1.82) is 0 Å². The van der Waals surface area contributed by atoms with Crippen LogP contribution < -0.4 is 10.4 Å². The molecule has 0 saturated heterocycles. The number of carboxylic acids is 1. The summed E-state index contributed by atoms with van der Waals surface area (Å²) in [7, 11) is 0. The van der Waals surface area contributed by atoms with Gasteiger partial charge in [-0.3, -0.25) is 4.79 Å². The van der Waals surface area contributed by atoms with Crippen molar-refractivity contribution in [2.24, 2.45) is 5.92 Å². The van der Waals surface area contributed by atoms with Crippen LogP contribution in [0.1, 0.15) is 24.2 Å². The number of carbonyl (C=O) groups excluding carboxylic acids is 2. The summed E-state index contributed by atoms with van der Waals surface area (Å²) in [4.78, 5) is 23.1. The summed E-state index contributed by atoms with van der Waals surface area (Å²) in [5, 5.41) is 16.1. The van der Waals surface area contributed by atoms with Gasteiger partial charge in [0.25, 0.3) is 0 Å². The number of thiophene rings is 1. The molecule has 2 rings (SSSR count). The van der Waals surface area contributed by atoms with Crippen LogP contribution in [0.15, 0.2) is 35.7 Å². The summed E-state index contributed by atoms with van der Waals surface area (Å²) in [5.41, 5.74) is 1.39. The van der Waals surface area contributed by atoms with Crippen LogP contribution >= 0.6 is 11.3 Å². The predicted octanol–water partition coefficient (Wildman–Crippen LogP) is 2.37. The van der Waals surface area contributed by atoms with Gasteiger partial charge in [-0.05, 0) is 5.56 Å². The summed E-state index contributed by atoms with van der Waals surface area (Å²) in [5.74, 6) is -1.72. The molecule has 0 radical (unpaired) electrons. The molecule has 1 N–H and O–H groups in total. The fraction of sp³-hybridized carbons (Fsp3) is 0.200. The summed E-state index contributed by atoms with van der Waals surface area (Å²) in [6.45, 7) is 3.50. The molecule has 0 saturated carbocycles. The van der Waals surface area contributed by atoms with Gasteiger partial charge in [0.1, 0.15) is 5.00 Å². The monoisotopic (exact) mass is 288 g/mol. The third-order valence-corrected chi connectivity index (χ3v) is 3.74. The molecule has 0 fully saturated rings. The molecule has 0 bridgehead atoms. The first-order valence-electron chi connectivity index (χ1n) is 6.19. The zero-order chi connectivity index (χ0) is 14.7. The highest BCUT2D eigenvalue weighted by Gasteiger charge is 2.17. The van der Waals surface area contributed by atoms with E-state index >= 15 is 0 Å². The van der Waals surface area contributed by atoms with E-state index in [0.29, 0.717) is 10.6 Å². The van der Waals surface area contributed by atoms with Gasteiger partial charge in [0.2, 0.25) is 5.91 Å². The molecule has 0 aliphatic carbocycles. The van der Waals surface area contributed by atoms with E-state index in [1.165, 1.54) is 11.3 Å². The van der Waals surface area contributed by atoms with Gasteiger partial charge in [-0.15, -0.1) is 11.3 Å². The lowest BCUT2D eigenvalue weighted by Crippen LogP contribution is -2.25. The summed E-state index contributed by atoms with van der Waals surface area (Å²) in [6.07, 6.45) is 0. The zero-order valence-corrected chi connectivity index (χ0v) is 12.0. The van der Waals surface area contributed by atoms with E-state index in [4.69, 9.17) is 0 Å². The molecule has 4 nitrogen and oxygen atoms in total. The highest BCUT2D eigenvalue weighted by atomic mass is 32.1. The second-order valence-corrected chi connectivity index (χ2v) is 5.53. The lowest BCUT2D eigenvalue weighted by molar-refractivity contribution is -0.254. The van der Waals surface area contributed by atoms with Crippen LogP contribution in [-0.4, -0.2) is 11.9 Å². The predicted molar refractivity (Wildman–Crippen MR) is 77.6 cm³/mol. The minimum atomic E-state index is -1.29. The van der Waals surface area contributed by atoms with Crippen molar-refractivity contribution in [3.63, 3.8) is 0 Å². The number of carboxylic acid groups (broad SMARTS) is 1. The quantitative estimate of drug-likeness (QED) is 0.939. The molecule has 0 spiro atoms. The molecule has 0 aliphatic rings. The SMILES string of the molecule is CC(C)C(=O)Nc1scc(-c2ccccc2)c1C(=O)[O-]. The van der Waals surface area contributed by atoms with E-state index in [9.17, 15) is 14.7 Å². The van der Waals surface area contributed by atoms with Crippen molar-refractivity contribution in [2.45, 2.75) is 13.8 Å². The fourth-order valence-corrected chi connectivity index (χ4v) is 2.70. The average molecular weight is 288 g/mol. The van der Waals surface area contributed by atoms with E-state index < -0.39 is 5.97 Å². The topological polar surface area (TPSA) is 69.2 Å². The minimum absolute atomic E-state index is 0.0372. The van der Waals surface area contributed by atoms with Crippen molar-refractivity contribution in [3.05, 3.63) is 41.3 Å². The van der Waals surface area contributed by atoms with Gasteiger partial charge in [0.15, 0.2) is 0 Å². The van der Waals surface area contributed by atoms with Crippen molar-refractivity contribution in [1.82, 2.24) is 0 Å². The first-order valence-corrected chi connectivity index (χ1v) is 7.07. The smallest absolute Gasteiger partial charge is 0.227 e. The Morgan fingerprint density at radius 2 is 1.85 bits per heavy atom. The van der Waals surface area contributed by atoms with Crippen molar-refractivity contribution >= 4 is 28.2 Å². The van der Waals surface area contributed by atoms with Crippen LogP contribution in [-0.2, 0) is 4.79 Å². The van der Waals surface area contributed by atoms with Crippen molar-refractivity contribution in [3.8, 4) is 11.1 Å². The molecule has 1 amide bonds. The Hall–Kier alpha value is -2.14. The fourth-order valence-electron chi connectivity index (χ4n) is 1.74. The van der Waals surface area contributed by atoms with Crippen LogP contribution in [0.25, 0.3) is 11.1 Å². The minimum Gasteiger partial charge on any atom is -0.545 e. The van der Waals surface area contributed by atoms with E-state index in [1.807, 2.05) is 30.3 Å². The molecule has 104 valence electrons. The van der Waals surface area contributed by atoms with Gasteiger partial charge in [-0.25, -0.2) is 0 Å². The summed E-state index contributed by atoms with van der Waals surface area (Å²) < 4.78 is 0. The highest BCUT2D eigenvalue weighted by molar-refractivity contribution is 7.15. The Morgan fingerprint density at radius 1 is 1.20 bits per heavy atom. The second-order valence-electron chi connectivity index (χ2n) is 4.65. The number of benzene rings is 1. The first kappa shape index (κ1) is 14.3. The molecule has 1 aromatic heterocycles. The molecule has 0 aliphatic heterocycles. The van der Waals surface area contributed by atoms with Gasteiger partial charge in [0.05, 0.1) is 5.97 Å². The second kappa shape index (κ2) is 5.88. The Labute approximate surface area is 121 Å². The summed E-state index contributed by atoms with van der Waals surface area (Å²) in [6, 6.07) is 9.16. The Kier molecular flexibility index (Phi) is 4.20. The maximum atomic E-state index is 11.7. The van der Waals surface area contributed by atoms with Gasteiger partial charge in [-0.1, -0.05) is 44.2 Å². The average Bonchev–Trinajstić information content (AvgIpc) is 2.83. The van der Waals surface area contributed by atoms with Gasteiger partial charge in [0, 0.05) is 22.4 Å². The molecule has 0 unspecified atom stereocenters. The van der Waals surface area contributed by atoms with Crippen LogP contribution in [0.3, 0.4) is 0 Å². The third-order valence-electron chi connectivity index (χ3n) is 2.84. The van der Waals surface area contributed by atoms with Crippen LogP contribution in [0.5, 0.6) is 0 Å². The lowest BCUT2D eigenvalue weighted by Gasteiger charge is -2.11. The molecule has 2 aromatic rings. The molecule has 20 heavy (non-hydrogen) atoms. The van der Waals surface area contributed by atoms with E-state index in [-0.39, 0.29) is 17.4 Å². The highest BCUT2D eigenvalue weighted by Crippen LogP contribution is 2.35. The molecule has 0 atom stereocenters. The van der Waals surface area contributed by atoms with Crippen molar-refractivity contribution < 1.29 is 14.7 Å². The third kappa shape index (κ3) is 2.88. The van der Waals surface area contributed by atoms with Gasteiger partial charge in [-0.2, -0.15) is 0 Å². The number of rotatable bonds is 4. The number of amides is 1. The van der Waals surface area contributed by atoms with Crippen LogP contribution in [0, 0.1) is 5.92 Å².